The molecule has 0 N–H and O–H groups in total. The van der Waals surface area contributed by atoms with E-state index >= 15 is 0 Å². The highest BCUT2D eigenvalue weighted by atomic mass is 19.4. The zero-order valence-electron chi connectivity index (χ0n) is 10.8. The second-order valence-corrected chi connectivity index (χ2v) is 4.42. The van der Waals surface area contributed by atoms with Gasteiger partial charge in [-0.3, -0.25) is 9.78 Å². The van der Waals surface area contributed by atoms with Gasteiger partial charge in [-0.1, -0.05) is 6.07 Å². The van der Waals surface area contributed by atoms with E-state index in [-0.39, 0.29) is 5.69 Å². The summed E-state index contributed by atoms with van der Waals surface area (Å²) >= 11 is 0. The van der Waals surface area contributed by atoms with Crippen LogP contribution in [-0.2, 0) is 11.3 Å². The summed E-state index contributed by atoms with van der Waals surface area (Å²) < 4.78 is 62.9. The molecule has 1 aromatic heterocycles. The molecule has 0 aliphatic heterocycles. The first kappa shape index (κ1) is 16.3. The molecule has 0 saturated carbocycles. The van der Waals surface area contributed by atoms with Crippen molar-refractivity contribution in [2.45, 2.75) is 38.5 Å². The summed E-state index contributed by atoms with van der Waals surface area (Å²) in [6, 6.07) is 3.73. The van der Waals surface area contributed by atoms with Crippen LogP contribution < -0.4 is 0 Å². The highest BCUT2D eigenvalue weighted by molar-refractivity contribution is 5.84. The van der Waals surface area contributed by atoms with Crippen LogP contribution in [0.3, 0.4) is 0 Å². The largest absolute Gasteiger partial charge is 0.463 e. The van der Waals surface area contributed by atoms with Gasteiger partial charge in [0.2, 0.25) is 0 Å². The Kier molecular flexibility index (Phi) is 4.67. The third-order valence-corrected chi connectivity index (χ3v) is 2.57. The molecule has 0 aliphatic rings. The number of halogens is 5. The van der Waals surface area contributed by atoms with Gasteiger partial charge in [-0.15, -0.1) is 0 Å². The van der Waals surface area contributed by atoms with Gasteiger partial charge in [0.15, 0.2) is 0 Å². The lowest BCUT2D eigenvalue weighted by molar-refractivity contribution is -0.275. The van der Waals surface area contributed by atoms with Crippen LogP contribution in [0.5, 0.6) is 0 Å². The number of pyridine rings is 1. The third kappa shape index (κ3) is 3.43. The van der Waals surface area contributed by atoms with E-state index in [0.29, 0.717) is 4.90 Å². The van der Waals surface area contributed by atoms with Crippen molar-refractivity contribution < 1.29 is 26.7 Å². The predicted molar refractivity (Wildman–Crippen MR) is 60.9 cm³/mol. The molecule has 0 unspecified atom stereocenters. The summed E-state index contributed by atoms with van der Waals surface area (Å²) in [5, 5.41) is 0. The Labute approximate surface area is 112 Å². The second kappa shape index (κ2) is 5.72. The maximum Gasteiger partial charge on any atom is 0.463 e. The zero-order valence-corrected chi connectivity index (χ0v) is 10.8. The molecular weight excluding hydrogens is 283 g/mol. The average Bonchev–Trinajstić information content (AvgIpc) is 2.34. The lowest BCUT2D eigenvalue weighted by Gasteiger charge is -2.30. The van der Waals surface area contributed by atoms with Crippen molar-refractivity contribution in [3.8, 4) is 0 Å². The van der Waals surface area contributed by atoms with Gasteiger partial charge >= 0.3 is 18.0 Å². The van der Waals surface area contributed by atoms with E-state index in [4.69, 9.17) is 0 Å². The summed E-state index contributed by atoms with van der Waals surface area (Å²) in [4.78, 5) is 15.7. The maximum atomic E-state index is 13.1. The van der Waals surface area contributed by atoms with Crippen molar-refractivity contribution >= 4 is 5.91 Å². The summed E-state index contributed by atoms with van der Waals surface area (Å²) in [7, 11) is 0. The lowest BCUT2D eigenvalue weighted by atomic mass is 10.2. The van der Waals surface area contributed by atoms with Crippen molar-refractivity contribution in [2.24, 2.45) is 0 Å². The molecule has 0 spiro atoms. The molecule has 0 atom stereocenters. The van der Waals surface area contributed by atoms with Gasteiger partial charge in [-0.25, -0.2) is 0 Å². The minimum Gasteiger partial charge on any atom is -0.329 e. The Morgan fingerprint density at radius 2 is 1.85 bits per heavy atom. The fourth-order valence-corrected chi connectivity index (χ4v) is 1.46. The number of nitrogens with zero attached hydrogens (tertiary/aromatic N) is 2. The molecule has 1 rings (SSSR count). The van der Waals surface area contributed by atoms with Crippen LogP contribution in [0.4, 0.5) is 22.0 Å². The number of amides is 1. The summed E-state index contributed by atoms with van der Waals surface area (Å²) in [5.74, 6) is -7.68. The molecule has 0 bridgehead atoms. The number of carbonyl (C=O) groups excluding carboxylic acids is 1. The van der Waals surface area contributed by atoms with Crippen LogP contribution in [0.1, 0.15) is 19.5 Å². The molecule has 112 valence electrons. The van der Waals surface area contributed by atoms with Gasteiger partial charge in [0.05, 0.1) is 12.2 Å². The van der Waals surface area contributed by atoms with Crippen molar-refractivity contribution in [3.05, 3.63) is 30.1 Å². The van der Waals surface area contributed by atoms with Crippen LogP contribution in [-0.4, -0.2) is 33.9 Å². The molecule has 1 amide bonds. The maximum absolute atomic E-state index is 13.1. The third-order valence-electron chi connectivity index (χ3n) is 2.57. The topological polar surface area (TPSA) is 33.2 Å². The Morgan fingerprint density at radius 1 is 1.25 bits per heavy atom. The van der Waals surface area contributed by atoms with E-state index in [2.05, 4.69) is 4.98 Å². The van der Waals surface area contributed by atoms with Gasteiger partial charge in [0.1, 0.15) is 0 Å². The van der Waals surface area contributed by atoms with E-state index in [1.165, 1.54) is 26.1 Å². The standard InChI is InChI=1S/C12H13F5N2O/c1-8(2)19(7-9-5-3-4-6-18-9)10(20)11(13,14)12(15,16)17/h3-6,8H,7H2,1-2H3. The van der Waals surface area contributed by atoms with Crippen LogP contribution in [0.15, 0.2) is 24.4 Å². The number of rotatable bonds is 4. The van der Waals surface area contributed by atoms with Crippen molar-refractivity contribution in [2.75, 3.05) is 0 Å². The van der Waals surface area contributed by atoms with E-state index in [1.54, 1.807) is 12.1 Å². The molecule has 20 heavy (non-hydrogen) atoms. The Hall–Kier alpha value is -1.73. The molecule has 3 nitrogen and oxygen atoms in total. The predicted octanol–water partition coefficient (Wildman–Crippen LogP) is 3.02. The molecular formula is C12H13F5N2O. The van der Waals surface area contributed by atoms with Crippen molar-refractivity contribution in [1.82, 2.24) is 9.88 Å². The van der Waals surface area contributed by atoms with Gasteiger partial charge in [-0.2, -0.15) is 22.0 Å². The van der Waals surface area contributed by atoms with Gasteiger partial charge in [0.25, 0.3) is 0 Å². The van der Waals surface area contributed by atoms with Crippen LogP contribution >= 0.6 is 0 Å². The lowest BCUT2D eigenvalue weighted by Crippen LogP contribution is -2.53. The summed E-state index contributed by atoms with van der Waals surface area (Å²) in [6.07, 6.45) is -4.55. The van der Waals surface area contributed by atoms with Crippen molar-refractivity contribution in [1.29, 1.82) is 0 Å². The normalized spacial score (nSPS) is 12.6. The van der Waals surface area contributed by atoms with Crippen LogP contribution in [0.25, 0.3) is 0 Å². The highest BCUT2D eigenvalue weighted by Crippen LogP contribution is 2.37. The van der Waals surface area contributed by atoms with E-state index in [0.717, 1.165) is 0 Å². The number of alkyl halides is 5. The first-order chi connectivity index (χ1) is 9.07. The van der Waals surface area contributed by atoms with Crippen LogP contribution in [0.2, 0.25) is 0 Å². The molecule has 1 aromatic rings. The molecule has 8 heteroatoms. The van der Waals surface area contributed by atoms with Crippen molar-refractivity contribution in [3.63, 3.8) is 0 Å². The fourth-order valence-electron chi connectivity index (χ4n) is 1.46. The first-order valence-corrected chi connectivity index (χ1v) is 5.73. The van der Waals surface area contributed by atoms with E-state index < -0.39 is 30.6 Å². The van der Waals surface area contributed by atoms with E-state index in [9.17, 15) is 26.7 Å². The zero-order chi connectivity index (χ0) is 15.6. The minimum atomic E-state index is -5.92. The summed E-state index contributed by atoms with van der Waals surface area (Å²) in [5.41, 5.74) is 0.229. The Balaban J connectivity index is 3.01. The first-order valence-electron chi connectivity index (χ1n) is 5.73. The van der Waals surface area contributed by atoms with Gasteiger partial charge in [0, 0.05) is 12.2 Å². The minimum absolute atomic E-state index is 0.229. The number of aromatic nitrogens is 1. The molecule has 0 fully saturated rings. The Bertz CT molecular complexity index is 459. The fraction of sp³-hybridized carbons (Fsp3) is 0.500. The Morgan fingerprint density at radius 3 is 2.25 bits per heavy atom. The molecule has 0 aromatic carbocycles. The second-order valence-electron chi connectivity index (χ2n) is 4.42. The van der Waals surface area contributed by atoms with Gasteiger partial charge in [-0.05, 0) is 26.0 Å². The average molecular weight is 296 g/mol. The number of hydrogen-bond acceptors (Lipinski definition) is 2. The SMILES string of the molecule is CC(C)N(Cc1ccccn1)C(=O)C(F)(F)C(F)(F)F. The summed E-state index contributed by atoms with van der Waals surface area (Å²) in [6.45, 7) is 2.30. The molecule has 0 aliphatic carbocycles. The van der Waals surface area contributed by atoms with E-state index in [1.807, 2.05) is 0 Å². The molecule has 0 saturated heterocycles. The number of hydrogen-bond donors (Lipinski definition) is 0. The van der Waals surface area contributed by atoms with Gasteiger partial charge < -0.3 is 4.90 Å². The highest BCUT2D eigenvalue weighted by Gasteiger charge is 2.64. The monoisotopic (exact) mass is 296 g/mol. The number of carbonyl (C=O) groups is 1. The smallest absolute Gasteiger partial charge is 0.329 e. The van der Waals surface area contributed by atoms with Crippen LogP contribution in [0, 0.1) is 0 Å². The quantitative estimate of drug-likeness (QED) is 0.800. The molecule has 1 heterocycles. The molecule has 0 radical (unpaired) electrons.